The van der Waals surface area contributed by atoms with Gasteiger partial charge in [-0.15, -0.1) is 0 Å². The fraction of sp³-hybridized carbons (Fsp3) is 0.692. The molecule has 0 aliphatic rings. The molecule has 21 heavy (non-hydrogen) atoms. The third-order valence-electron chi connectivity index (χ3n) is 2.61. The molecule has 1 atom stereocenters. The molecule has 0 bridgehead atoms. The minimum absolute atomic E-state index is 0.0293. The van der Waals surface area contributed by atoms with Crippen LogP contribution >= 0.6 is 0 Å². The summed E-state index contributed by atoms with van der Waals surface area (Å²) in [5.41, 5.74) is 0.0626. The van der Waals surface area contributed by atoms with Gasteiger partial charge in [-0.05, 0) is 27.2 Å². The van der Waals surface area contributed by atoms with Crippen molar-refractivity contribution in [2.45, 2.75) is 40.2 Å². The molecule has 0 saturated heterocycles. The number of aryl methyl sites for hydroxylation is 1. The highest BCUT2D eigenvalue weighted by molar-refractivity contribution is 5.48. The molecule has 1 N–H and O–H groups in total. The van der Waals surface area contributed by atoms with Gasteiger partial charge in [-0.2, -0.15) is 4.98 Å². The van der Waals surface area contributed by atoms with Gasteiger partial charge in [-0.25, -0.2) is 4.98 Å². The van der Waals surface area contributed by atoms with E-state index in [-0.39, 0.29) is 23.4 Å². The number of anilines is 1. The summed E-state index contributed by atoms with van der Waals surface area (Å²) >= 11 is 0. The lowest BCUT2D eigenvalue weighted by atomic mass is 10.3. The Morgan fingerprint density at radius 1 is 1.38 bits per heavy atom. The number of nitro groups is 1. The number of nitrogens with zero attached hydrogens (tertiary/aromatic N) is 3. The molecule has 0 spiro atoms. The summed E-state index contributed by atoms with van der Waals surface area (Å²) in [6.07, 6.45) is 0.563. The molecular formula is C13H22N4O4. The SMILES string of the molecule is CCCNc1nc(C)c([N+](=O)[O-])c(OC(C)COCC)n1. The Morgan fingerprint density at radius 2 is 2.10 bits per heavy atom. The van der Waals surface area contributed by atoms with E-state index in [0.717, 1.165) is 6.42 Å². The molecule has 0 amide bonds. The van der Waals surface area contributed by atoms with Crippen LogP contribution in [0.4, 0.5) is 11.6 Å². The summed E-state index contributed by atoms with van der Waals surface area (Å²) in [6.45, 7) is 8.80. The van der Waals surface area contributed by atoms with E-state index in [1.54, 1.807) is 13.8 Å². The molecule has 8 nitrogen and oxygen atoms in total. The molecule has 0 aliphatic heterocycles. The number of aromatic nitrogens is 2. The second kappa shape index (κ2) is 8.35. The maximum absolute atomic E-state index is 11.2. The van der Waals surface area contributed by atoms with Crippen LogP contribution in [-0.2, 0) is 4.74 Å². The fourth-order valence-electron chi connectivity index (χ4n) is 1.66. The van der Waals surface area contributed by atoms with Gasteiger partial charge in [-0.3, -0.25) is 10.1 Å². The molecule has 1 rings (SSSR count). The first-order valence-electron chi connectivity index (χ1n) is 7.00. The van der Waals surface area contributed by atoms with Crippen LogP contribution < -0.4 is 10.1 Å². The van der Waals surface area contributed by atoms with Crippen molar-refractivity contribution in [3.63, 3.8) is 0 Å². The van der Waals surface area contributed by atoms with E-state index in [9.17, 15) is 10.1 Å². The lowest BCUT2D eigenvalue weighted by molar-refractivity contribution is -0.387. The van der Waals surface area contributed by atoms with E-state index in [1.165, 1.54) is 0 Å². The highest BCUT2D eigenvalue weighted by Gasteiger charge is 2.25. The largest absolute Gasteiger partial charge is 0.467 e. The minimum Gasteiger partial charge on any atom is -0.467 e. The normalized spacial score (nSPS) is 12.0. The molecule has 1 unspecified atom stereocenters. The van der Waals surface area contributed by atoms with Gasteiger partial charge in [0.05, 0.1) is 11.5 Å². The van der Waals surface area contributed by atoms with Crippen LogP contribution in [0.15, 0.2) is 0 Å². The number of rotatable bonds is 9. The van der Waals surface area contributed by atoms with E-state index in [4.69, 9.17) is 9.47 Å². The summed E-state index contributed by atoms with van der Waals surface area (Å²) in [5, 5.41) is 14.2. The fourth-order valence-corrected chi connectivity index (χ4v) is 1.66. The Labute approximate surface area is 124 Å². The predicted octanol–water partition coefficient (Wildman–Crippen LogP) is 2.32. The molecule has 0 radical (unpaired) electrons. The average Bonchev–Trinajstić information content (AvgIpc) is 2.42. The summed E-state index contributed by atoms with van der Waals surface area (Å²) < 4.78 is 10.8. The number of ether oxygens (including phenoxy) is 2. The first-order valence-corrected chi connectivity index (χ1v) is 7.00. The number of hydrogen-bond acceptors (Lipinski definition) is 7. The van der Waals surface area contributed by atoms with Crippen molar-refractivity contribution < 1.29 is 14.4 Å². The van der Waals surface area contributed by atoms with Gasteiger partial charge in [0.1, 0.15) is 11.8 Å². The molecular weight excluding hydrogens is 276 g/mol. The highest BCUT2D eigenvalue weighted by atomic mass is 16.6. The summed E-state index contributed by atoms with van der Waals surface area (Å²) in [4.78, 5) is 18.8. The van der Waals surface area contributed by atoms with Gasteiger partial charge in [0.25, 0.3) is 5.88 Å². The Morgan fingerprint density at radius 3 is 2.67 bits per heavy atom. The van der Waals surface area contributed by atoms with Gasteiger partial charge in [-0.1, -0.05) is 6.92 Å². The maximum atomic E-state index is 11.2. The van der Waals surface area contributed by atoms with Gasteiger partial charge in [0.2, 0.25) is 5.95 Å². The van der Waals surface area contributed by atoms with Crippen LogP contribution in [0.5, 0.6) is 5.88 Å². The predicted molar refractivity (Wildman–Crippen MR) is 78.8 cm³/mol. The van der Waals surface area contributed by atoms with E-state index in [0.29, 0.717) is 25.7 Å². The molecule has 1 heterocycles. The molecule has 0 aliphatic carbocycles. The Kier molecular flexibility index (Phi) is 6.80. The van der Waals surface area contributed by atoms with Gasteiger partial charge in [0, 0.05) is 13.2 Å². The topological polar surface area (TPSA) is 99.4 Å². The Hall–Kier alpha value is -1.96. The number of hydrogen-bond donors (Lipinski definition) is 1. The second-order valence-electron chi connectivity index (χ2n) is 4.56. The van der Waals surface area contributed by atoms with Crippen LogP contribution in [0.1, 0.15) is 32.9 Å². The van der Waals surface area contributed by atoms with Crippen molar-refractivity contribution in [1.29, 1.82) is 0 Å². The molecule has 0 saturated carbocycles. The summed E-state index contributed by atoms with van der Waals surface area (Å²) in [6, 6.07) is 0. The van der Waals surface area contributed by atoms with E-state index < -0.39 is 4.92 Å². The first-order chi connectivity index (χ1) is 9.99. The van der Waals surface area contributed by atoms with Crippen LogP contribution in [-0.4, -0.2) is 40.8 Å². The lowest BCUT2D eigenvalue weighted by Gasteiger charge is -2.15. The molecule has 1 aromatic rings. The third kappa shape index (κ3) is 5.14. The van der Waals surface area contributed by atoms with Gasteiger partial charge >= 0.3 is 5.69 Å². The van der Waals surface area contributed by atoms with Crippen LogP contribution in [0.2, 0.25) is 0 Å². The number of nitrogens with one attached hydrogen (secondary N) is 1. The van der Waals surface area contributed by atoms with Crippen molar-refractivity contribution in [1.82, 2.24) is 9.97 Å². The highest BCUT2D eigenvalue weighted by Crippen LogP contribution is 2.29. The standard InChI is InChI=1S/C13H22N4O4/c1-5-7-14-13-15-10(4)11(17(18)19)12(16-13)21-9(3)8-20-6-2/h9H,5-8H2,1-4H3,(H,14,15,16). The van der Waals surface area contributed by atoms with Gasteiger partial charge < -0.3 is 14.8 Å². The maximum Gasteiger partial charge on any atom is 0.352 e. The molecule has 0 fully saturated rings. The zero-order chi connectivity index (χ0) is 15.8. The second-order valence-corrected chi connectivity index (χ2v) is 4.56. The van der Waals surface area contributed by atoms with Crippen molar-refractivity contribution in [3.05, 3.63) is 15.8 Å². The van der Waals surface area contributed by atoms with Crippen molar-refractivity contribution >= 4 is 11.6 Å². The minimum atomic E-state index is -0.526. The van der Waals surface area contributed by atoms with E-state index in [2.05, 4.69) is 15.3 Å². The summed E-state index contributed by atoms with van der Waals surface area (Å²) in [5.74, 6) is 0.303. The van der Waals surface area contributed by atoms with Gasteiger partial charge in [0.15, 0.2) is 0 Å². The van der Waals surface area contributed by atoms with Crippen molar-refractivity contribution in [2.24, 2.45) is 0 Å². The quantitative estimate of drug-likeness (QED) is 0.551. The zero-order valence-corrected chi connectivity index (χ0v) is 12.9. The average molecular weight is 298 g/mol. The zero-order valence-electron chi connectivity index (χ0n) is 12.9. The van der Waals surface area contributed by atoms with Crippen LogP contribution in [0, 0.1) is 17.0 Å². The van der Waals surface area contributed by atoms with Crippen molar-refractivity contribution in [2.75, 3.05) is 25.1 Å². The molecule has 8 heteroatoms. The summed E-state index contributed by atoms with van der Waals surface area (Å²) in [7, 11) is 0. The Bertz CT molecular complexity index is 481. The third-order valence-corrected chi connectivity index (χ3v) is 2.61. The van der Waals surface area contributed by atoms with Crippen LogP contribution in [0.25, 0.3) is 0 Å². The molecule has 118 valence electrons. The monoisotopic (exact) mass is 298 g/mol. The Balaban J connectivity index is 3.00. The molecule has 0 aromatic carbocycles. The van der Waals surface area contributed by atoms with Crippen LogP contribution in [0.3, 0.4) is 0 Å². The smallest absolute Gasteiger partial charge is 0.352 e. The van der Waals surface area contributed by atoms with E-state index >= 15 is 0 Å². The van der Waals surface area contributed by atoms with Crippen molar-refractivity contribution in [3.8, 4) is 5.88 Å². The molecule has 1 aromatic heterocycles. The first kappa shape index (κ1) is 17.1. The lowest BCUT2D eigenvalue weighted by Crippen LogP contribution is -2.21. The van der Waals surface area contributed by atoms with E-state index in [1.807, 2.05) is 13.8 Å².